The third kappa shape index (κ3) is 6.54. The van der Waals surface area contributed by atoms with Crippen molar-refractivity contribution in [3.8, 4) is 11.5 Å². The molecule has 2 fully saturated rings. The Morgan fingerprint density at radius 3 is 2.72 bits per heavy atom. The van der Waals surface area contributed by atoms with E-state index in [2.05, 4.69) is 20.6 Å². The largest absolute Gasteiger partial charge is 0.445 e. The van der Waals surface area contributed by atoms with Gasteiger partial charge in [-0.25, -0.2) is 9.97 Å². The van der Waals surface area contributed by atoms with Gasteiger partial charge in [0.05, 0.1) is 30.5 Å². The van der Waals surface area contributed by atoms with Gasteiger partial charge >= 0.3 is 0 Å². The van der Waals surface area contributed by atoms with E-state index in [4.69, 9.17) is 4.42 Å². The second-order valence-corrected chi connectivity index (χ2v) is 12.2. The molecule has 2 aromatic carbocycles. The van der Waals surface area contributed by atoms with Gasteiger partial charge in [-0.2, -0.15) is 0 Å². The summed E-state index contributed by atoms with van der Waals surface area (Å²) in [7, 11) is 0. The molecule has 0 radical (unpaired) electrons. The van der Waals surface area contributed by atoms with Crippen LogP contribution in [0.1, 0.15) is 62.3 Å². The van der Waals surface area contributed by atoms with E-state index < -0.39 is 24.2 Å². The molecule has 2 saturated heterocycles. The molecule has 4 heterocycles. The molecule has 2 amide bonds. The minimum absolute atomic E-state index is 0.117. The molecule has 2 aliphatic rings. The van der Waals surface area contributed by atoms with E-state index in [1.165, 1.54) is 12.5 Å². The van der Waals surface area contributed by atoms with Gasteiger partial charge in [-0.05, 0) is 56.4 Å². The lowest BCUT2D eigenvalue weighted by molar-refractivity contribution is 0.0714. The number of amides is 2. The quantitative estimate of drug-likeness (QED) is 0.229. The highest BCUT2D eigenvalue weighted by atomic mass is 32.1. The van der Waals surface area contributed by atoms with Crippen LogP contribution in [0.4, 0.5) is 0 Å². The molecular weight excluding hydrogens is 566 g/mol. The molecule has 5 atom stereocenters. The average molecular weight is 602 g/mol. The summed E-state index contributed by atoms with van der Waals surface area (Å²) >= 11 is 1.55. The topological polar surface area (TPSA) is 141 Å². The first kappa shape index (κ1) is 29.2. The number of thiazole rings is 1. The molecule has 2 aromatic heterocycles. The Bertz CT molecular complexity index is 1560. The zero-order chi connectivity index (χ0) is 29.9. The average Bonchev–Trinajstić information content (AvgIpc) is 3.84. The molecule has 5 unspecified atom stereocenters. The monoisotopic (exact) mass is 601 g/mol. The molecule has 2 aliphatic heterocycles. The number of oxazole rings is 1. The first-order valence-electron chi connectivity index (χ1n) is 14.6. The number of carbonyl (C=O) groups is 2. The molecule has 0 saturated carbocycles. The maximum atomic E-state index is 14.0. The molecule has 4 aromatic rings. The normalized spacial score (nSPS) is 21.6. The van der Waals surface area contributed by atoms with Crippen LogP contribution in [-0.2, 0) is 6.42 Å². The Kier molecular flexibility index (Phi) is 8.66. The van der Waals surface area contributed by atoms with Gasteiger partial charge in [0.2, 0.25) is 5.89 Å². The van der Waals surface area contributed by atoms with Crippen molar-refractivity contribution in [2.75, 3.05) is 13.1 Å². The van der Waals surface area contributed by atoms with Crippen LogP contribution in [0.3, 0.4) is 0 Å². The number of β-amino-alcohol motifs (C(OH)–C–C–N with tert-alkyl or cyclic N) is 1. The highest BCUT2D eigenvalue weighted by molar-refractivity contribution is 7.09. The van der Waals surface area contributed by atoms with Crippen LogP contribution in [0.15, 0.2) is 70.8 Å². The maximum absolute atomic E-state index is 14.0. The smallest absolute Gasteiger partial charge is 0.254 e. The lowest BCUT2D eigenvalue weighted by Gasteiger charge is -2.29. The van der Waals surface area contributed by atoms with Gasteiger partial charge < -0.3 is 30.2 Å². The summed E-state index contributed by atoms with van der Waals surface area (Å²) in [5, 5.41) is 30.5. The number of rotatable bonds is 9. The predicted octanol–water partition coefficient (Wildman–Crippen LogP) is 3.51. The van der Waals surface area contributed by atoms with E-state index >= 15 is 0 Å². The SMILES string of the molecule is Cc1csc(C2CCCN2C(=O)c2cc(C(=O)NC(Cc3ccccc3)C(O)C3CC(O)CN3)cc(-c3ncco3)c2)n1. The number of nitrogens with zero attached hydrogens (tertiary/aromatic N) is 3. The second-order valence-electron chi connectivity index (χ2n) is 11.3. The van der Waals surface area contributed by atoms with Crippen molar-refractivity contribution in [3.63, 3.8) is 0 Å². The standard InChI is InChI=1S/C32H35N5O5S/c1-19-18-43-31(35-19)27-8-5-10-37(27)32(41)23-14-21(13-22(15-23)30-33-9-11-42-30)29(40)36-26(12-20-6-3-2-4-7-20)28(39)25-16-24(38)17-34-25/h2-4,6-7,9,11,13-15,18,24-28,34,38-39H,5,8,10,12,16-17H2,1H3,(H,36,40). The number of aliphatic hydroxyl groups is 2. The van der Waals surface area contributed by atoms with Crippen LogP contribution in [0.2, 0.25) is 0 Å². The van der Waals surface area contributed by atoms with Crippen molar-refractivity contribution in [3.05, 3.63) is 93.8 Å². The molecule has 6 rings (SSSR count). The highest BCUT2D eigenvalue weighted by Gasteiger charge is 2.35. The van der Waals surface area contributed by atoms with Crippen molar-refractivity contribution >= 4 is 23.2 Å². The number of aryl methyl sites for hydroxylation is 1. The van der Waals surface area contributed by atoms with Gasteiger partial charge in [-0.3, -0.25) is 9.59 Å². The zero-order valence-corrected chi connectivity index (χ0v) is 24.7. The molecular formula is C32H35N5O5S. The number of carbonyl (C=O) groups excluding carboxylic acids is 2. The van der Waals surface area contributed by atoms with Crippen LogP contribution in [0.5, 0.6) is 0 Å². The molecule has 224 valence electrons. The molecule has 10 nitrogen and oxygen atoms in total. The lowest BCUT2D eigenvalue weighted by Crippen LogP contribution is -2.52. The third-order valence-electron chi connectivity index (χ3n) is 8.14. The summed E-state index contributed by atoms with van der Waals surface area (Å²) < 4.78 is 5.54. The summed E-state index contributed by atoms with van der Waals surface area (Å²) in [6.45, 7) is 2.92. The number of aromatic nitrogens is 2. The molecule has 0 spiro atoms. The van der Waals surface area contributed by atoms with Crippen molar-refractivity contribution < 1.29 is 24.2 Å². The van der Waals surface area contributed by atoms with Gasteiger partial charge in [0.25, 0.3) is 11.8 Å². The zero-order valence-electron chi connectivity index (χ0n) is 23.8. The maximum Gasteiger partial charge on any atom is 0.254 e. The minimum atomic E-state index is -0.954. The Balaban J connectivity index is 1.30. The molecule has 0 aliphatic carbocycles. The van der Waals surface area contributed by atoms with Crippen molar-refractivity contribution in [1.82, 2.24) is 25.5 Å². The number of nitrogens with one attached hydrogen (secondary N) is 2. The Labute approximate surface area is 253 Å². The predicted molar refractivity (Wildman–Crippen MR) is 162 cm³/mol. The van der Waals surface area contributed by atoms with E-state index in [9.17, 15) is 19.8 Å². The van der Waals surface area contributed by atoms with Crippen LogP contribution in [0.25, 0.3) is 11.5 Å². The van der Waals surface area contributed by atoms with Gasteiger partial charge in [-0.1, -0.05) is 30.3 Å². The summed E-state index contributed by atoms with van der Waals surface area (Å²) in [6, 6.07) is 13.4. The van der Waals surface area contributed by atoms with Crippen molar-refractivity contribution in [2.24, 2.45) is 0 Å². The number of hydrogen-bond donors (Lipinski definition) is 4. The molecule has 0 bridgehead atoms. The fourth-order valence-electron chi connectivity index (χ4n) is 5.99. The van der Waals surface area contributed by atoms with E-state index in [1.54, 1.807) is 29.5 Å². The molecule has 4 N–H and O–H groups in total. The van der Waals surface area contributed by atoms with E-state index in [1.807, 2.05) is 47.5 Å². The number of benzene rings is 2. The first-order valence-corrected chi connectivity index (χ1v) is 15.5. The third-order valence-corrected chi connectivity index (χ3v) is 9.20. The van der Waals surface area contributed by atoms with Gasteiger partial charge in [0, 0.05) is 46.9 Å². The molecule has 11 heteroatoms. The summed E-state index contributed by atoms with van der Waals surface area (Å²) in [6.07, 6.45) is 3.91. The number of likely N-dealkylation sites (tertiary alicyclic amines) is 1. The number of aliphatic hydroxyl groups excluding tert-OH is 2. The fourth-order valence-corrected chi connectivity index (χ4v) is 6.94. The van der Waals surface area contributed by atoms with Gasteiger partial charge in [0.1, 0.15) is 11.3 Å². The van der Waals surface area contributed by atoms with Crippen LogP contribution < -0.4 is 10.6 Å². The van der Waals surface area contributed by atoms with E-state index in [0.29, 0.717) is 42.9 Å². The Morgan fingerprint density at radius 2 is 2.02 bits per heavy atom. The van der Waals surface area contributed by atoms with Gasteiger partial charge in [-0.15, -0.1) is 11.3 Å². The van der Waals surface area contributed by atoms with Crippen LogP contribution in [-0.4, -0.2) is 74.3 Å². The second kappa shape index (κ2) is 12.8. The van der Waals surface area contributed by atoms with E-state index in [0.717, 1.165) is 29.1 Å². The van der Waals surface area contributed by atoms with E-state index in [-0.39, 0.29) is 23.6 Å². The van der Waals surface area contributed by atoms with Gasteiger partial charge in [0.15, 0.2) is 0 Å². The minimum Gasteiger partial charge on any atom is -0.445 e. The van der Waals surface area contributed by atoms with Crippen LogP contribution in [0, 0.1) is 6.92 Å². The van der Waals surface area contributed by atoms with Crippen molar-refractivity contribution in [2.45, 2.75) is 62.9 Å². The fraction of sp³-hybridized carbons (Fsp3) is 0.375. The highest BCUT2D eigenvalue weighted by Crippen LogP contribution is 2.35. The number of hydrogen-bond acceptors (Lipinski definition) is 9. The van der Waals surface area contributed by atoms with Crippen molar-refractivity contribution in [1.29, 1.82) is 0 Å². The Hall–Kier alpha value is -3.90. The summed E-state index contributed by atoms with van der Waals surface area (Å²) in [5.74, 6) is -0.334. The summed E-state index contributed by atoms with van der Waals surface area (Å²) in [4.78, 5) is 38.5. The lowest BCUT2D eigenvalue weighted by atomic mass is 9.94. The first-order chi connectivity index (χ1) is 20.9. The van der Waals surface area contributed by atoms with Crippen LogP contribution >= 0.6 is 11.3 Å². The molecule has 43 heavy (non-hydrogen) atoms. The Morgan fingerprint density at radius 1 is 1.21 bits per heavy atom. The summed E-state index contributed by atoms with van der Waals surface area (Å²) in [5.41, 5.74) is 2.99.